The van der Waals surface area contributed by atoms with Crippen LogP contribution in [0, 0.1) is 0 Å². The molecule has 4 rings (SSSR count). The zero-order chi connectivity index (χ0) is 21.8. The SMILES string of the molecule is COc1ccc(C(=O)NCCc2cc(N3CCN(C(C)=O)CC3)nc(C3CC3)n2)cn1. The summed E-state index contributed by atoms with van der Waals surface area (Å²) in [7, 11) is 1.54. The van der Waals surface area contributed by atoms with Crippen molar-refractivity contribution < 1.29 is 14.3 Å². The standard InChI is InChI=1S/C22H28N6O3/c1-15(29)27-9-11-28(12-10-27)19-13-18(25-21(26-19)16-3-4-16)7-8-23-22(30)17-5-6-20(31-2)24-14-17/h5-6,13-14,16H,3-4,7-12H2,1-2H3,(H,23,30). The van der Waals surface area contributed by atoms with Gasteiger partial charge in [0.2, 0.25) is 11.8 Å². The lowest BCUT2D eigenvalue weighted by molar-refractivity contribution is -0.129. The van der Waals surface area contributed by atoms with E-state index in [1.165, 1.54) is 13.3 Å². The monoisotopic (exact) mass is 424 g/mol. The quantitative estimate of drug-likeness (QED) is 0.717. The van der Waals surface area contributed by atoms with E-state index in [4.69, 9.17) is 14.7 Å². The van der Waals surface area contributed by atoms with E-state index in [2.05, 4.69) is 15.2 Å². The number of nitrogens with one attached hydrogen (secondary N) is 1. The number of carbonyl (C=O) groups is 2. The maximum Gasteiger partial charge on any atom is 0.252 e. The molecule has 2 amide bonds. The maximum absolute atomic E-state index is 12.4. The molecule has 1 N–H and O–H groups in total. The fourth-order valence-electron chi connectivity index (χ4n) is 3.61. The largest absolute Gasteiger partial charge is 0.481 e. The normalized spacial score (nSPS) is 16.2. The van der Waals surface area contributed by atoms with Crippen LogP contribution in [0.25, 0.3) is 0 Å². The van der Waals surface area contributed by atoms with Gasteiger partial charge in [-0.2, -0.15) is 0 Å². The molecule has 1 saturated heterocycles. The van der Waals surface area contributed by atoms with Crippen molar-refractivity contribution in [3.05, 3.63) is 41.5 Å². The smallest absolute Gasteiger partial charge is 0.252 e. The molecule has 1 aliphatic carbocycles. The van der Waals surface area contributed by atoms with Gasteiger partial charge in [0.25, 0.3) is 5.91 Å². The van der Waals surface area contributed by atoms with Crippen molar-refractivity contribution in [2.24, 2.45) is 0 Å². The zero-order valence-electron chi connectivity index (χ0n) is 18.0. The fourth-order valence-corrected chi connectivity index (χ4v) is 3.61. The van der Waals surface area contributed by atoms with Gasteiger partial charge in [-0.15, -0.1) is 0 Å². The predicted octanol–water partition coefficient (Wildman–Crippen LogP) is 1.40. The maximum atomic E-state index is 12.4. The summed E-state index contributed by atoms with van der Waals surface area (Å²) in [6.07, 6.45) is 4.38. The van der Waals surface area contributed by atoms with Crippen LogP contribution >= 0.6 is 0 Å². The third kappa shape index (κ3) is 5.28. The number of hydrogen-bond acceptors (Lipinski definition) is 7. The molecule has 0 radical (unpaired) electrons. The first kappa shape index (κ1) is 21.0. The Kier molecular flexibility index (Phi) is 6.29. The Bertz CT molecular complexity index is 937. The third-order valence-electron chi connectivity index (χ3n) is 5.65. The van der Waals surface area contributed by atoms with Crippen LogP contribution in [0.1, 0.15) is 47.6 Å². The van der Waals surface area contributed by atoms with Crippen LogP contribution in [0.5, 0.6) is 5.88 Å². The second-order valence-corrected chi connectivity index (χ2v) is 7.94. The van der Waals surface area contributed by atoms with Gasteiger partial charge in [0.1, 0.15) is 11.6 Å². The van der Waals surface area contributed by atoms with Crippen molar-refractivity contribution in [2.45, 2.75) is 32.1 Å². The predicted molar refractivity (Wildman–Crippen MR) is 115 cm³/mol. The summed E-state index contributed by atoms with van der Waals surface area (Å²) >= 11 is 0. The van der Waals surface area contributed by atoms with E-state index < -0.39 is 0 Å². The highest BCUT2D eigenvalue weighted by Gasteiger charge is 2.28. The van der Waals surface area contributed by atoms with E-state index >= 15 is 0 Å². The number of rotatable bonds is 7. The minimum absolute atomic E-state index is 0.115. The molecule has 0 aromatic carbocycles. The molecule has 9 nitrogen and oxygen atoms in total. The van der Waals surface area contributed by atoms with Crippen LogP contribution < -0.4 is 15.0 Å². The second kappa shape index (κ2) is 9.28. The van der Waals surface area contributed by atoms with Crippen molar-refractivity contribution in [3.8, 4) is 5.88 Å². The van der Waals surface area contributed by atoms with E-state index in [0.29, 0.717) is 43.4 Å². The fraction of sp³-hybridized carbons (Fsp3) is 0.500. The lowest BCUT2D eigenvalue weighted by Gasteiger charge is -2.35. The number of nitrogens with zero attached hydrogens (tertiary/aromatic N) is 5. The van der Waals surface area contributed by atoms with Gasteiger partial charge in [0, 0.05) is 76.0 Å². The van der Waals surface area contributed by atoms with E-state index in [0.717, 1.165) is 43.3 Å². The van der Waals surface area contributed by atoms with Crippen molar-refractivity contribution in [1.82, 2.24) is 25.2 Å². The van der Waals surface area contributed by atoms with Crippen LogP contribution in [0.3, 0.4) is 0 Å². The average Bonchev–Trinajstić information content (AvgIpc) is 3.64. The number of amides is 2. The van der Waals surface area contributed by atoms with Crippen LogP contribution in [-0.2, 0) is 11.2 Å². The van der Waals surface area contributed by atoms with Crippen molar-refractivity contribution in [2.75, 3.05) is 44.7 Å². The van der Waals surface area contributed by atoms with Gasteiger partial charge in [-0.3, -0.25) is 9.59 Å². The summed E-state index contributed by atoms with van der Waals surface area (Å²) in [6, 6.07) is 5.37. The minimum atomic E-state index is -0.174. The Hall–Kier alpha value is -3.23. The van der Waals surface area contributed by atoms with Gasteiger partial charge < -0.3 is 19.9 Å². The number of ether oxygens (including phenoxy) is 1. The van der Waals surface area contributed by atoms with Crippen LogP contribution in [0.4, 0.5) is 5.82 Å². The molecule has 0 bridgehead atoms. The first-order chi connectivity index (χ1) is 15.0. The molecule has 31 heavy (non-hydrogen) atoms. The Balaban J connectivity index is 1.38. The number of methoxy groups -OCH3 is 1. The number of hydrogen-bond donors (Lipinski definition) is 1. The summed E-state index contributed by atoms with van der Waals surface area (Å²) in [5.41, 5.74) is 1.42. The molecule has 164 valence electrons. The number of pyridine rings is 1. The number of anilines is 1. The Labute approximate surface area is 181 Å². The van der Waals surface area contributed by atoms with Gasteiger partial charge in [0.05, 0.1) is 12.7 Å². The lowest BCUT2D eigenvalue weighted by atomic mass is 10.2. The molecule has 2 aromatic heterocycles. The molecular formula is C22H28N6O3. The summed E-state index contributed by atoms with van der Waals surface area (Å²) in [5, 5.41) is 2.93. The lowest BCUT2D eigenvalue weighted by Crippen LogP contribution is -2.48. The average molecular weight is 425 g/mol. The number of aromatic nitrogens is 3. The molecule has 0 unspecified atom stereocenters. The Morgan fingerprint density at radius 2 is 1.94 bits per heavy atom. The van der Waals surface area contributed by atoms with Crippen LogP contribution in [0.2, 0.25) is 0 Å². The molecule has 2 aromatic rings. The molecular weight excluding hydrogens is 396 g/mol. The van der Waals surface area contributed by atoms with E-state index in [1.807, 2.05) is 11.0 Å². The first-order valence-corrected chi connectivity index (χ1v) is 10.7. The first-order valence-electron chi connectivity index (χ1n) is 10.7. The zero-order valence-corrected chi connectivity index (χ0v) is 18.0. The molecule has 9 heteroatoms. The molecule has 1 aliphatic heterocycles. The topological polar surface area (TPSA) is 101 Å². The second-order valence-electron chi connectivity index (χ2n) is 7.94. The number of carbonyl (C=O) groups excluding carboxylic acids is 2. The van der Waals surface area contributed by atoms with Gasteiger partial charge in [0.15, 0.2) is 0 Å². The van der Waals surface area contributed by atoms with E-state index in [-0.39, 0.29) is 11.8 Å². The summed E-state index contributed by atoms with van der Waals surface area (Å²) in [5.74, 6) is 2.67. The summed E-state index contributed by atoms with van der Waals surface area (Å²) in [6.45, 7) is 5.03. The van der Waals surface area contributed by atoms with E-state index in [1.54, 1.807) is 19.1 Å². The summed E-state index contributed by atoms with van der Waals surface area (Å²) in [4.78, 5) is 41.6. The van der Waals surface area contributed by atoms with Gasteiger partial charge in [-0.05, 0) is 18.9 Å². The Morgan fingerprint density at radius 3 is 2.55 bits per heavy atom. The highest BCUT2D eigenvalue weighted by atomic mass is 16.5. The third-order valence-corrected chi connectivity index (χ3v) is 5.65. The molecule has 1 saturated carbocycles. The summed E-state index contributed by atoms with van der Waals surface area (Å²) < 4.78 is 5.02. The molecule has 2 fully saturated rings. The van der Waals surface area contributed by atoms with Crippen molar-refractivity contribution in [1.29, 1.82) is 0 Å². The highest BCUT2D eigenvalue weighted by molar-refractivity contribution is 5.93. The van der Waals surface area contributed by atoms with Crippen molar-refractivity contribution in [3.63, 3.8) is 0 Å². The van der Waals surface area contributed by atoms with Crippen molar-refractivity contribution >= 4 is 17.6 Å². The molecule has 0 spiro atoms. The highest BCUT2D eigenvalue weighted by Crippen LogP contribution is 2.38. The molecule has 2 aliphatic rings. The van der Waals surface area contributed by atoms with Gasteiger partial charge in [-0.25, -0.2) is 15.0 Å². The van der Waals surface area contributed by atoms with Crippen LogP contribution in [0.15, 0.2) is 24.4 Å². The number of piperazine rings is 1. The minimum Gasteiger partial charge on any atom is -0.481 e. The van der Waals surface area contributed by atoms with Gasteiger partial charge >= 0.3 is 0 Å². The molecule has 0 atom stereocenters. The van der Waals surface area contributed by atoms with Crippen LogP contribution in [-0.4, -0.2) is 71.5 Å². The Morgan fingerprint density at radius 1 is 1.16 bits per heavy atom. The van der Waals surface area contributed by atoms with E-state index in [9.17, 15) is 9.59 Å². The molecule has 3 heterocycles. The van der Waals surface area contributed by atoms with Gasteiger partial charge in [-0.1, -0.05) is 0 Å².